The van der Waals surface area contributed by atoms with E-state index in [0.717, 1.165) is 16.9 Å². The molecule has 0 saturated heterocycles. The average Bonchev–Trinajstić information content (AvgIpc) is 3.19. The molecule has 0 radical (unpaired) electrons. The Bertz CT molecular complexity index is 1040. The molecule has 0 aliphatic rings. The Balaban J connectivity index is 1.97. The standard InChI is InChI=1S/C16H15N3O4S2/c1-10-4-5-12(19-7-3-6-17-19)9-13(10)18-25(22,23)14-8-11(2)15(24-14)16(20)21/h3-9,18H,1-2H3,(H,20,21). The normalized spacial score (nSPS) is 11.4. The van der Waals surface area contributed by atoms with Crippen LogP contribution in [0.5, 0.6) is 0 Å². The molecule has 0 spiro atoms. The van der Waals surface area contributed by atoms with E-state index in [-0.39, 0.29) is 9.09 Å². The molecular weight excluding hydrogens is 362 g/mol. The van der Waals surface area contributed by atoms with E-state index < -0.39 is 16.0 Å². The van der Waals surface area contributed by atoms with Crippen LogP contribution < -0.4 is 4.72 Å². The molecule has 2 aromatic heterocycles. The van der Waals surface area contributed by atoms with Gasteiger partial charge in [-0.25, -0.2) is 17.9 Å². The Morgan fingerprint density at radius 2 is 2.00 bits per heavy atom. The lowest BCUT2D eigenvalue weighted by Gasteiger charge is -2.11. The predicted octanol–water partition coefficient (Wildman–Crippen LogP) is 3.05. The van der Waals surface area contributed by atoms with E-state index in [9.17, 15) is 13.2 Å². The first-order chi connectivity index (χ1) is 11.8. The van der Waals surface area contributed by atoms with E-state index in [1.165, 1.54) is 6.07 Å². The third-order valence-corrected chi connectivity index (χ3v) is 6.65. The molecule has 3 aromatic rings. The van der Waals surface area contributed by atoms with Crippen molar-refractivity contribution in [1.29, 1.82) is 0 Å². The summed E-state index contributed by atoms with van der Waals surface area (Å²) in [6, 6.07) is 8.43. The van der Waals surface area contributed by atoms with Crippen LogP contribution in [0, 0.1) is 13.8 Å². The summed E-state index contributed by atoms with van der Waals surface area (Å²) in [6.45, 7) is 3.36. The summed E-state index contributed by atoms with van der Waals surface area (Å²) < 4.78 is 29.4. The number of carboxylic acids is 1. The summed E-state index contributed by atoms with van der Waals surface area (Å²) >= 11 is 0.734. The monoisotopic (exact) mass is 377 g/mol. The molecule has 0 atom stereocenters. The van der Waals surface area contributed by atoms with Crippen molar-refractivity contribution in [2.75, 3.05) is 4.72 Å². The first-order valence-corrected chi connectivity index (χ1v) is 9.55. The summed E-state index contributed by atoms with van der Waals surface area (Å²) in [5, 5.41) is 13.2. The topological polar surface area (TPSA) is 101 Å². The van der Waals surface area contributed by atoms with E-state index in [0.29, 0.717) is 16.9 Å². The molecule has 7 nitrogen and oxygen atoms in total. The van der Waals surface area contributed by atoms with Crippen LogP contribution in [-0.4, -0.2) is 29.3 Å². The lowest BCUT2D eigenvalue weighted by Crippen LogP contribution is -2.13. The number of nitrogens with one attached hydrogen (secondary N) is 1. The Hall–Kier alpha value is -2.65. The summed E-state index contributed by atoms with van der Waals surface area (Å²) in [4.78, 5) is 11.2. The number of carbonyl (C=O) groups is 1. The van der Waals surface area contributed by atoms with Crippen LogP contribution >= 0.6 is 11.3 Å². The van der Waals surface area contributed by atoms with Gasteiger partial charge in [-0.1, -0.05) is 6.07 Å². The van der Waals surface area contributed by atoms with Gasteiger partial charge < -0.3 is 5.11 Å². The number of anilines is 1. The number of aryl methyl sites for hydroxylation is 2. The van der Waals surface area contributed by atoms with Gasteiger partial charge in [-0.15, -0.1) is 11.3 Å². The van der Waals surface area contributed by atoms with Crippen LogP contribution in [0.2, 0.25) is 0 Å². The maximum Gasteiger partial charge on any atom is 0.346 e. The highest BCUT2D eigenvalue weighted by Crippen LogP contribution is 2.29. The van der Waals surface area contributed by atoms with Crippen LogP contribution in [0.15, 0.2) is 46.9 Å². The van der Waals surface area contributed by atoms with Crippen LogP contribution in [0.25, 0.3) is 5.69 Å². The molecule has 1 aromatic carbocycles. The van der Waals surface area contributed by atoms with E-state index in [1.54, 1.807) is 49.1 Å². The Morgan fingerprint density at radius 1 is 1.24 bits per heavy atom. The number of hydrogen-bond acceptors (Lipinski definition) is 5. The molecule has 2 heterocycles. The number of benzene rings is 1. The summed E-state index contributed by atoms with van der Waals surface area (Å²) in [6.07, 6.45) is 3.39. The number of carboxylic acid groups (broad SMARTS) is 1. The maximum absolute atomic E-state index is 12.6. The molecule has 0 saturated carbocycles. The molecule has 3 rings (SSSR count). The quantitative estimate of drug-likeness (QED) is 0.712. The minimum Gasteiger partial charge on any atom is -0.477 e. The lowest BCUT2D eigenvalue weighted by molar-refractivity contribution is 0.0701. The van der Waals surface area contributed by atoms with Crippen LogP contribution in [0.3, 0.4) is 0 Å². The molecule has 2 N–H and O–H groups in total. The molecule has 9 heteroatoms. The zero-order chi connectivity index (χ0) is 18.2. The molecule has 0 aliphatic heterocycles. The number of aromatic nitrogens is 2. The van der Waals surface area contributed by atoms with Gasteiger partial charge in [-0.2, -0.15) is 5.10 Å². The summed E-state index contributed by atoms with van der Waals surface area (Å²) in [5.41, 5.74) is 2.28. The van der Waals surface area contributed by atoms with E-state index in [4.69, 9.17) is 5.11 Å². The van der Waals surface area contributed by atoms with Crippen molar-refractivity contribution in [3.8, 4) is 5.69 Å². The fourth-order valence-corrected chi connectivity index (χ4v) is 4.78. The van der Waals surface area contributed by atoms with Gasteiger partial charge in [0, 0.05) is 12.4 Å². The molecule has 0 bridgehead atoms. The highest BCUT2D eigenvalue weighted by atomic mass is 32.2. The van der Waals surface area contributed by atoms with Gasteiger partial charge in [0.2, 0.25) is 0 Å². The van der Waals surface area contributed by atoms with E-state index >= 15 is 0 Å². The number of aromatic carboxylic acids is 1. The molecule has 0 amide bonds. The van der Waals surface area contributed by atoms with Crippen molar-refractivity contribution in [3.63, 3.8) is 0 Å². The minimum absolute atomic E-state index is 0.0161. The largest absolute Gasteiger partial charge is 0.477 e. The molecule has 25 heavy (non-hydrogen) atoms. The first kappa shape index (κ1) is 17.2. The summed E-state index contributed by atoms with van der Waals surface area (Å²) in [5.74, 6) is -1.14. The Morgan fingerprint density at radius 3 is 2.60 bits per heavy atom. The van der Waals surface area contributed by atoms with Gasteiger partial charge >= 0.3 is 5.97 Å². The molecule has 0 unspecified atom stereocenters. The highest BCUT2D eigenvalue weighted by molar-refractivity contribution is 7.94. The third-order valence-electron chi connectivity index (χ3n) is 3.59. The lowest BCUT2D eigenvalue weighted by atomic mass is 10.2. The van der Waals surface area contributed by atoms with Crippen molar-refractivity contribution < 1.29 is 18.3 Å². The van der Waals surface area contributed by atoms with Crippen molar-refractivity contribution in [3.05, 3.63) is 58.7 Å². The average molecular weight is 377 g/mol. The Kier molecular flexibility index (Phi) is 4.36. The van der Waals surface area contributed by atoms with Crippen molar-refractivity contribution in [2.45, 2.75) is 18.1 Å². The van der Waals surface area contributed by atoms with Crippen LogP contribution in [0.4, 0.5) is 5.69 Å². The van der Waals surface area contributed by atoms with Crippen LogP contribution in [-0.2, 0) is 10.0 Å². The number of hydrogen-bond donors (Lipinski definition) is 2. The molecule has 0 fully saturated rings. The van der Waals surface area contributed by atoms with Gasteiger partial charge in [0.1, 0.15) is 9.09 Å². The number of nitrogens with zero attached hydrogens (tertiary/aromatic N) is 2. The van der Waals surface area contributed by atoms with Crippen LogP contribution in [0.1, 0.15) is 20.8 Å². The zero-order valence-electron chi connectivity index (χ0n) is 13.4. The highest BCUT2D eigenvalue weighted by Gasteiger charge is 2.22. The first-order valence-electron chi connectivity index (χ1n) is 7.25. The minimum atomic E-state index is -3.88. The number of sulfonamides is 1. The fraction of sp³-hybridized carbons (Fsp3) is 0.125. The van der Waals surface area contributed by atoms with Gasteiger partial charge in [0.05, 0.1) is 11.4 Å². The smallest absolute Gasteiger partial charge is 0.346 e. The second-order valence-corrected chi connectivity index (χ2v) is 8.40. The van der Waals surface area contributed by atoms with Gasteiger partial charge in [-0.3, -0.25) is 4.72 Å². The van der Waals surface area contributed by atoms with E-state index in [2.05, 4.69) is 9.82 Å². The summed E-state index contributed by atoms with van der Waals surface area (Å²) in [7, 11) is -3.88. The van der Waals surface area contributed by atoms with E-state index in [1.807, 2.05) is 6.07 Å². The second-order valence-electron chi connectivity index (χ2n) is 5.44. The van der Waals surface area contributed by atoms with Gasteiger partial charge in [0.25, 0.3) is 10.0 Å². The SMILES string of the molecule is Cc1ccc(-n2cccn2)cc1NS(=O)(=O)c1cc(C)c(C(=O)O)s1. The van der Waals surface area contributed by atoms with Gasteiger partial charge in [-0.05, 0) is 49.2 Å². The number of thiophene rings is 1. The molecule has 130 valence electrons. The predicted molar refractivity (Wildman–Crippen MR) is 95.1 cm³/mol. The maximum atomic E-state index is 12.6. The van der Waals surface area contributed by atoms with Gasteiger partial charge in [0.15, 0.2) is 0 Å². The zero-order valence-corrected chi connectivity index (χ0v) is 15.1. The van der Waals surface area contributed by atoms with Crippen molar-refractivity contribution in [1.82, 2.24) is 9.78 Å². The number of rotatable bonds is 5. The second kappa shape index (κ2) is 6.34. The van der Waals surface area contributed by atoms with Crippen molar-refractivity contribution >= 4 is 33.0 Å². The van der Waals surface area contributed by atoms with Crippen molar-refractivity contribution in [2.24, 2.45) is 0 Å². The molecule has 0 aliphatic carbocycles. The molecular formula is C16H15N3O4S2. The Labute approximate surface area is 148 Å². The third kappa shape index (κ3) is 3.42. The fourth-order valence-electron chi connectivity index (χ4n) is 2.28.